The largest absolute Gasteiger partial charge is 0.494 e. The summed E-state index contributed by atoms with van der Waals surface area (Å²) in [4.78, 5) is 11.5. The molecule has 10 nitrogen and oxygen atoms in total. The number of piperidine rings is 1. The van der Waals surface area contributed by atoms with Gasteiger partial charge in [0.15, 0.2) is 11.5 Å². The Balaban J connectivity index is 1.51. The number of aliphatic hydroxyl groups is 1. The fraction of sp³-hybridized carbons (Fsp3) is 0.500. The summed E-state index contributed by atoms with van der Waals surface area (Å²) in [5.41, 5.74) is 8.20. The van der Waals surface area contributed by atoms with Crippen molar-refractivity contribution in [3.8, 4) is 5.75 Å². The van der Waals surface area contributed by atoms with E-state index >= 15 is 0 Å². The average Bonchev–Trinajstić information content (AvgIpc) is 3.37. The third-order valence-electron chi connectivity index (χ3n) is 6.59. The van der Waals surface area contributed by atoms with Crippen LogP contribution in [0.4, 0.5) is 16.0 Å². The van der Waals surface area contributed by atoms with E-state index in [1.54, 1.807) is 18.5 Å². The van der Waals surface area contributed by atoms with Gasteiger partial charge in [-0.1, -0.05) is 0 Å². The molecular weight excluding hydrogens is 451 g/mol. The van der Waals surface area contributed by atoms with Gasteiger partial charge in [-0.15, -0.1) is 5.10 Å². The van der Waals surface area contributed by atoms with Crippen molar-refractivity contribution in [1.29, 1.82) is 0 Å². The number of nitrogens with two attached hydrogens (primary N) is 1. The Hall–Kier alpha value is -3.47. The molecule has 4 aromatic rings. The minimum absolute atomic E-state index is 0.0491. The lowest BCUT2D eigenvalue weighted by molar-refractivity contribution is 0.0577. The van der Waals surface area contributed by atoms with E-state index in [1.165, 1.54) is 23.8 Å². The number of aryl methyl sites for hydroxylation is 1. The predicted molar refractivity (Wildman–Crippen MR) is 131 cm³/mol. The Labute approximate surface area is 202 Å². The standard InChI is InChI=1S/C24H31FN8O2/c1-13-6-7-15(10-32(13)18-11-31(29-14(18)2)12-24(3,4)34)21-28-22-17-8-16(25)9-19(35-5)20(17)27-23(26)33(22)30-21/h8-9,11,13,15,34H,6-7,10,12H2,1-5H3,(H2,26,27)/t13-,15+/m0/s1. The molecule has 186 valence electrons. The molecule has 0 bridgehead atoms. The van der Waals surface area contributed by atoms with Crippen LogP contribution in [-0.4, -0.2) is 59.8 Å². The van der Waals surface area contributed by atoms with E-state index in [2.05, 4.69) is 27.0 Å². The summed E-state index contributed by atoms with van der Waals surface area (Å²) < 4.78 is 22.9. The maximum absolute atomic E-state index is 14.3. The molecule has 3 aromatic heterocycles. The van der Waals surface area contributed by atoms with Crippen molar-refractivity contribution in [1.82, 2.24) is 29.4 Å². The van der Waals surface area contributed by atoms with Crippen LogP contribution in [0.2, 0.25) is 0 Å². The molecule has 0 unspecified atom stereocenters. The van der Waals surface area contributed by atoms with Crippen LogP contribution in [0.3, 0.4) is 0 Å². The topological polar surface area (TPSA) is 120 Å². The fourth-order valence-electron chi connectivity index (χ4n) is 4.93. The second-order valence-electron chi connectivity index (χ2n) is 10.1. The van der Waals surface area contributed by atoms with E-state index in [9.17, 15) is 9.50 Å². The molecular formula is C24H31FN8O2. The lowest BCUT2D eigenvalue weighted by Crippen LogP contribution is -2.41. The van der Waals surface area contributed by atoms with E-state index in [4.69, 9.17) is 15.5 Å². The van der Waals surface area contributed by atoms with Gasteiger partial charge < -0.3 is 20.5 Å². The van der Waals surface area contributed by atoms with Gasteiger partial charge in [0.25, 0.3) is 0 Å². The van der Waals surface area contributed by atoms with Crippen LogP contribution in [0.15, 0.2) is 18.3 Å². The Kier molecular flexibility index (Phi) is 5.54. The maximum atomic E-state index is 14.3. The number of hydrogen-bond acceptors (Lipinski definition) is 8. The number of anilines is 2. The summed E-state index contributed by atoms with van der Waals surface area (Å²) in [7, 11) is 1.47. The second-order valence-corrected chi connectivity index (χ2v) is 10.1. The van der Waals surface area contributed by atoms with Gasteiger partial charge in [-0.25, -0.2) is 14.4 Å². The number of hydrogen-bond donors (Lipinski definition) is 2. The zero-order valence-electron chi connectivity index (χ0n) is 20.7. The number of ether oxygens (including phenoxy) is 1. The molecule has 0 saturated carbocycles. The number of rotatable bonds is 5. The number of nitrogens with zero attached hydrogens (tertiary/aromatic N) is 7. The molecule has 3 N–H and O–H groups in total. The molecule has 0 spiro atoms. The quantitative estimate of drug-likeness (QED) is 0.445. The second kappa shape index (κ2) is 8.33. The molecule has 0 amide bonds. The first-order chi connectivity index (χ1) is 16.5. The molecule has 35 heavy (non-hydrogen) atoms. The number of halogens is 1. The lowest BCUT2D eigenvalue weighted by Gasteiger charge is -2.38. The third kappa shape index (κ3) is 4.24. The highest BCUT2D eigenvalue weighted by Gasteiger charge is 2.32. The summed E-state index contributed by atoms with van der Waals surface area (Å²) in [5.74, 6) is 0.722. The Morgan fingerprint density at radius 2 is 2.00 bits per heavy atom. The number of nitrogen functional groups attached to an aromatic ring is 1. The van der Waals surface area contributed by atoms with Gasteiger partial charge in [-0.2, -0.15) is 9.61 Å². The Morgan fingerprint density at radius 3 is 2.71 bits per heavy atom. The molecule has 1 fully saturated rings. The summed E-state index contributed by atoms with van der Waals surface area (Å²) in [6.07, 6.45) is 3.86. The molecule has 2 atom stereocenters. The zero-order chi connectivity index (χ0) is 25.1. The predicted octanol–water partition coefficient (Wildman–Crippen LogP) is 3.06. The summed E-state index contributed by atoms with van der Waals surface area (Å²) >= 11 is 0. The van der Waals surface area contributed by atoms with Crippen molar-refractivity contribution in [3.05, 3.63) is 35.7 Å². The normalized spacial score (nSPS) is 19.1. The molecule has 1 aliphatic heterocycles. The van der Waals surface area contributed by atoms with E-state index in [-0.39, 0.29) is 11.9 Å². The molecule has 1 aromatic carbocycles. The number of fused-ring (bicyclic) bond motifs is 3. The SMILES string of the molecule is COc1cc(F)cc2c1nc(N)n1nc([C@@H]3CC[C@H](C)N(c4cn(CC(C)(C)O)nc4C)C3)nc21. The van der Waals surface area contributed by atoms with Gasteiger partial charge in [-0.05, 0) is 46.6 Å². The van der Waals surface area contributed by atoms with Crippen LogP contribution in [0, 0.1) is 12.7 Å². The number of aromatic nitrogens is 6. The molecule has 1 saturated heterocycles. The first-order valence-electron chi connectivity index (χ1n) is 11.8. The number of benzene rings is 1. The van der Waals surface area contributed by atoms with Crippen molar-refractivity contribution in [2.24, 2.45) is 0 Å². The van der Waals surface area contributed by atoms with Gasteiger partial charge >= 0.3 is 0 Å². The number of methoxy groups -OCH3 is 1. The Bertz CT molecular complexity index is 1410. The van der Waals surface area contributed by atoms with Gasteiger partial charge in [0.2, 0.25) is 5.95 Å². The van der Waals surface area contributed by atoms with Gasteiger partial charge in [0.1, 0.15) is 17.1 Å². The summed E-state index contributed by atoms with van der Waals surface area (Å²) in [5, 5.41) is 20.0. The highest BCUT2D eigenvalue weighted by Crippen LogP contribution is 2.35. The minimum Gasteiger partial charge on any atom is -0.494 e. The van der Waals surface area contributed by atoms with Crippen LogP contribution >= 0.6 is 0 Å². The van der Waals surface area contributed by atoms with Crippen molar-refractivity contribution in [3.63, 3.8) is 0 Å². The highest BCUT2D eigenvalue weighted by atomic mass is 19.1. The molecule has 5 rings (SSSR count). The highest BCUT2D eigenvalue weighted by molar-refractivity contribution is 5.95. The van der Waals surface area contributed by atoms with Crippen LogP contribution in [0.5, 0.6) is 5.75 Å². The summed E-state index contributed by atoms with van der Waals surface area (Å²) in [6.45, 7) is 8.83. The third-order valence-corrected chi connectivity index (χ3v) is 6.59. The minimum atomic E-state index is -0.856. The zero-order valence-corrected chi connectivity index (χ0v) is 20.7. The van der Waals surface area contributed by atoms with Crippen LogP contribution in [0.25, 0.3) is 16.6 Å². The molecule has 4 heterocycles. The monoisotopic (exact) mass is 482 g/mol. The van der Waals surface area contributed by atoms with E-state index in [1.807, 2.05) is 13.1 Å². The average molecular weight is 483 g/mol. The Morgan fingerprint density at radius 1 is 1.23 bits per heavy atom. The maximum Gasteiger partial charge on any atom is 0.223 e. The molecule has 0 aliphatic carbocycles. The first-order valence-corrected chi connectivity index (χ1v) is 11.8. The molecule has 1 aliphatic rings. The smallest absolute Gasteiger partial charge is 0.223 e. The fourth-order valence-corrected chi connectivity index (χ4v) is 4.93. The van der Waals surface area contributed by atoms with Crippen molar-refractivity contribution in [2.75, 3.05) is 24.3 Å². The van der Waals surface area contributed by atoms with E-state index in [0.717, 1.165) is 24.2 Å². The molecule has 0 radical (unpaired) electrons. The van der Waals surface area contributed by atoms with Crippen molar-refractivity contribution < 1.29 is 14.2 Å². The molecule has 11 heteroatoms. The van der Waals surface area contributed by atoms with E-state index < -0.39 is 11.4 Å². The first kappa shape index (κ1) is 23.3. The van der Waals surface area contributed by atoms with Crippen LogP contribution in [0.1, 0.15) is 51.0 Å². The van der Waals surface area contributed by atoms with Crippen molar-refractivity contribution in [2.45, 2.75) is 64.6 Å². The van der Waals surface area contributed by atoms with Crippen LogP contribution < -0.4 is 15.4 Å². The summed E-state index contributed by atoms with van der Waals surface area (Å²) in [6, 6.07) is 2.98. The van der Waals surface area contributed by atoms with Gasteiger partial charge in [-0.3, -0.25) is 4.68 Å². The van der Waals surface area contributed by atoms with Crippen molar-refractivity contribution >= 4 is 28.2 Å². The van der Waals surface area contributed by atoms with E-state index in [0.29, 0.717) is 47.3 Å². The van der Waals surface area contributed by atoms with Crippen LogP contribution in [-0.2, 0) is 6.54 Å². The van der Waals surface area contributed by atoms with Gasteiger partial charge in [0.05, 0.1) is 36.0 Å². The van der Waals surface area contributed by atoms with Gasteiger partial charge in [0, 0.05) is 30.8 Å². The lowest BCUT2D eigenvalue weighted by atomic mass is 9.92.